The summed E-state index contributed by atoms with van der Waals surface area (Å²) >= 11 is 12.7. The van der Waals surface area contributed by atoms with E-state index in [4.69, 9.17) is 28.9 Å². The van der Waals surface area contributed by atoms with Crippen LogP contribution in [0.15, 0.2) is 52.4 Å². The predicted molar refractivity (Wildman–Crippen MR) is 125 cm³/mol. The van der Waals surface area contributed by atoms with Crippen LogP contribution in [0, 0.1) is 6.92 Å². The Balaban J connectivity index is 2.38. The minimum Gasteiger partial charge on any atom is -0.400 e. The molecule has 160 valence electrons. The number of anilines is 1. The van der Waals surface area contributed by atoms with Gasteiger partial charge in [-0.1, -0.05) is 61.7 Å². The zero-order valence-corrected chi connectivity index (χ0v) is 19.2. The highest BCUT2D eigenvalue weighted by Gasteiger charge is 2.23. The van der Waals surface area contributed by atoms with Crippen LogP contribution in [0.2, 0.25) is 5.02 Å². The van der Waals surface area contributed by atoms with Crippen molar-refractivity contribution in [2.24, 2.45) is 5.73 Å². The number of aryl methyl sites for hydroxylation is 1. The van der Waals surface area contributed by atoms with Crippen LogP contribution in [0.3, 0.4) is 0 Å². The summed E-state index contributed by atoms with van der Waals surface area (Å²) in [5.74, 6) is 0. The van der Waals surface area contributed by atoms with Crippen molar-refractivity contribution in [3.8, 4) is 0 Å². The van der Waals surface area contributed by atoms with Gasteiger partial charge < -0.3 is 21.1 Å². The lowest BCUT2D eigenvalue weighted by Crippen LogP contribution is -2.35. The van der Waals surface area contributed by atoms with Crippen molar-refractivity contribution < 1.29 is 5.11 Å². The predicted octanol–water partition coefficient (Wildman–Crippen LogP) is 5.90. The molecule has 1 atom stereocenters. The van der Waals surface area contributed by atoms with E-state index in [9.17, 15) is 5.11 Å². The van der Waals surface area contributed by atoms with Crippen LogP contribution in [-0.4, -0.2) is 29.3 Å². The number of nitrogens with two attached hydrogens (primary N) is 1. The molecule has 0 fully saturated rings. The molecule has 0 radical (unpaired) electrons. The molecule has 0 bridgehead atoms. The number of aliphatic hydroxyl groups is 1. The van der Waals surface area contributed by atoms with Gasteiger partial charge in [-0.05, 0) is 43.9 Å². The van der Waals surface area contributed by atoms with E-state index in [1.165, 1.54) is 0 Å². The molecule has 1 aromatic rings. The van der Waals surface area contributed by atoms with Gasteiger partial charge in [-0.2, -0.15) is 0 Å². The summed E-state index contributed by atoms with van der Waals surface area (Å²) < 4.78 is 0. The normalized spacial score (nSPS) is 20.2. The molecule has 0 spiro atoms. The lowest BCUT2D eigenvalue weighted by molar-refractivity contribution is 0.199. The average Bonchev–Trinajstić information content (AvgIpc) is 2.67. The van der Waals surface area contributed by atoms with E-state index in [1.54, 1.807) is 0 Å². The quantitative estimate of drug-likeness (QED) is 0.420. The fraction of sp³-hybridized carbons (Fsp3) is 0.478. The molecular formula is C23H33Cl2N3O. The molecule has 4 N–H and O–H groups in total. The first-order valence-corrected chi connectivity index (χ1v) is 11.1. The summed E-state index contributed by atoms with van der Waals surface area (Å²) in [5, 5.41) is 15.6. The minimum absolute atomic E-state index is 0.485. The molecule has 0 heterocycles. The molecule has 2 rings (SSSR count). The van der Waals surface area contributed by atoms with Gasteiger partial charge in [0.25, 0.3) is 0 Å². The zero-order chi connectivity index (χ0) is 21.4. The van der Waals surface area contributed by atoms with E-state index in [0.717, 1.165) is 46.9 Å². The summed E-state index contributed by atoms with van der Waals surface area (Å²) in [6.45, 7) is 7.51. The molecule has 0 saturated heterocycles. The Bertz CT molecular complexity index is 786. The van der Waals surface area contributed by atoms with Crippen molar-refractivity contribution in [3.05, 3.63) is 62.9 Å². The van der Waals surface area contributed by atoms with Gasteiger partial charge in [0.1, 0.15) is 0 Å². The highest BCUT2D eigenvalue weighted by molar-refractivity contribution is 6.33. The highest BCUT2D eigenvalue weighted by Crippen LogP contribution is 2.30. The maximum Gasteiger partial charge on any atom is 0.0877 e. The Labute approximate surface area is 185 Å². The van der Waals surface area contributed by atoms with Crippen LogP contribution in [0.25, 0.3) is 0 Å². The third-order valence-electron chi connectivity index (χ3n) is 5.04. The molecule has 0 saturated carbocycles. The molecule has 0 aliphatic heterocycles. The fourth-order valence-electron chi connectivity index (χ4n) is 3.40. The molecule has 1 aliphatic rings. The van der Waals surface area contributed by atoms with Crippen LogP contribution in [0.4, 0.5) is 5.69 Å². The van der Waals surface area contributed by atoms with Crippen molar-refractivity contribution in [1.29, 1.82) is 0 Å². The van der Waals surface area contributed by atoms with Gasteiger partial charge in [0.05, 0.1) is 29.2 Å². The first-order chi connectivity index (χ1) is 13.9. The van der Waals surface area contributed by atoms with E-state index in [2.05, 4.69) is 17.1 Å². The van der Waals surface area contributed by atoms with Crippen LogP contribution in [-0.2, 0) is 0 Å². The molecule has 1 unspecified atom stereocenters. The number of benzene rings is 1. The first-order valence-electron chi connectivity index (χ1n) is 10.3. The van der Waals surface area contributed by atoms with E-state index in [-0.39, 0.29) is 0 Å². The largest absolute Gasteiger partial charge is 0.400 e. The Morgan fingerprint density at radius 2 is 2.00 bits per heavy atom. The molecule has 0 amide bonds. The van der Waals surface area contributed by atoms with Crippen LogP contribution >= 0.6 is 23.2 Å². The maximum absolute atomic E-state index is 10.7. The van der Waals surface area contributed by atoms with E-state index < -0.39 is 6.10 Å². The number of hydrogen-bond donors (Lipinski definition) is 3. The second kappa shape index (κ2) is 11.5. The summed E-state index contributed by atoms with van der Waals surface area (Å²) in [4.78, 5) is 2.20. The Morgan fingerprint density at radius 3 is 2.66 bits per heavy atom. The molecule has 4 nitrogen and oxygen atoms in total. The van der Waals surface area contributed by atoms with Gasteiger partial charge >= 0.3 is 0 Å². The van der Waals surface area contributed by atoms with Crippen molar-refractivity contribution >= 4 is 28.9 Å². The van der Waals surface area contributed by atoms with Gasteiger partial charge in [0.15, 0.2) is 0 Å². The maximum atomic E-state index is 10.7. The monoisotopic (exact) mass is 437 g/mol. The molecule has 1 aliphatic carbocycles. The van der Waals surface area contributed by atoms with Gasteiger partial charge in [-0.25, -0.2) is 0 Å². The second-order valence-electron chi connectivity index (χ2n) is 7.46. The lowest BCUT2D eigenvalue weighted by Gasteiger charge is -2.33. The SMILES string of the molecule is CCCCN(CNc1ccc(C)cc1Cl)/C1=C(\N)C/C(Cl)=C\CC=C1C(O)CC. The van der Waals surface area contributed by atoms with Crippen molar-refractivity contribution in [2.45, 2.75) is 59.0 Å². The van der Waals surface area contributed by atoms with Crippen molar-refractivity contribution in [2.75, 3.05) is 18.5 Å². The summed E-state index contributed by atoms with van der Waals surface area (Å²) in [7, 11) is 0. The zero-order valence-electron chi connectivity index (χ0n) is 17.6. The highest BCUT2D eigenvalue weighted by atomic mass is 35.5. The summed E-state index contributed by atoms with van der Waals surface area (Å²) in [5.41, 5.74) is 11.0. The molecule has 1 aromatic carbocycles. The summed E-state index contributed by atoms with van der Waals surface area (Å²) in [6.07, 6.45) is 7.29. The molecule has 29 heavy (non-hydrogen) atoms. The minimum atomic E-state index is -0.569. The standard InChI is InChI=1S/C23H33Cl2N3O/c1-4-6-12-28(15-27-21-11-10-16(3)13-19(21)25)23-18(22(29)5-2)9-7-8-17(24)14-20(23)26/h8-11,13,22,27,29H,4-7,12,14-15,26H2,1-3H3/b17-8+,18-9?,23-20-. The number of hydrogen-bond acceptors (Lipinski definition) is 4. The fourth-order valence-corrected chi connectivity index (χ4v) is 3.93. The lowest BCUT2D eigenvalue weighted by atomic mass is 9.97. The molecular weight excluding hydrogens is 405 g/mol. The third-order valence-corrected chi connectivity index (χ3v) is 5.64. The van der Waals surface area contributed by atoms with E-state index >= 15 is 0 Å². The Kier molecular flexibility index (Phi) is 9.41. The number of rotatable bonds is 9. The smallest absolute Gasteiger partial charge is 0.0877 e. The molecule has 0 aromatic heterocycles. The van der Waals surface area contributed by atoms with Gasteiger partial charge in [-0.3, -0.25) is 0 Å². The van der Waals surface area contributed by atoms with Gasteiger partial charge in [0, 0.05) is 29.3 Å². The van der Waals surface area contributed by atoms with E-state index in [1.807, 2.05) is 44.2 Å². The van der Waals surface area contributed by atoms with Crippen LogP contribution < -0.4 is 11.1 Å². The third kappa shape index (κ3) is 6.70. The number of allylic oxidation sites excluding steroid dienone is 3. The number of nitrogens with one attached hydrogen (secondary N) is 1. The number of halogens is 2. The van der Waals surface area contributed by atoms with Crippen LogP contribution in [0.1, 0.15) is 51.5 Å². The topological polar surface area (TPSA) is 61.5 Å². The van der Waals surface area contributed by atoms with Crippen molar-refractivity contribution in [3.63, 3.8) is 0 Å². The second-order valence-corrected chi connectivity index (χ2v) is 8.35. The summed E-state index contributed by atoms with van der Waals surface area (Å²) in [6, 6.07) is 5.97. The number of nitrogens with zero attached hydrogens (tertiary/aromatic N) is 1. The number of unbranched alkanes of at least 4 members (excludes halogenated alkanes) is 1. The first kappa shape index (κ1) is 23.7. The Morgan fingerprint density at radius 1 is 1.24 bits per heavy atom. The van der Waals surface area contributed by atoms with E-state index in [0.29, 0.717) is 36.7 Å². The van der Waals surface area contributed by atoms with Gasteiger partial charge in [-0.15, -0.1) is 0 Å². The van der Waals surface area contributed by atoms with Crippen LogP contribution in [0.5, 0.6) is 0 Å². The Hall–Kier alpha value is -1.62. The van der Waals surface area contributed by atoms with Crippen molar-refractivity contribution in [1.82, 2.24) is 4.90 Å². The van der Waals surface area contributed by atoms with Gasteiger partial charge in [0.2, 0.25) is 0 Å². The number of aliphatic hydroxyl groups excluding tert-OH is 1. The average molecular weight is 438 g/mol. The molecule has 6 heteroatoms.